The third-order valence-electron chi connectivity index (χ3n) is 5.20. The Morgan fingerprint density at radius 3 is 1.81 bits per heavy atom. The van der Waals surface area contributed by atoms with Crippen LogP contribution in [0.4, 0.5) is 0 Å². The van der Waals surface area contributed by atoms with Crippen molar-refractivity contribution >= 4 is 24.7 Å². The molecule has 1 unspecified atom stereocenters. The highest BCUT2D eigenvalue weighted by atomic mass is 28.4. The van der Waals surface area contributed by atoms with Gasteiger partial charge in [0.15, 0.2) is 0 Å². The van der Waals surface area contributed by atoms with Crippen molar-refractivity contribution in [1.29, 1.82) is 0 Å². The van der Waals surface area contributed by atoms with E-state index >= 15 is 0 Å². The van der Waals surface area contributed by atoms with Gasteiger partial charge in [-0.25, -0.2) is 4.79 Å². The number of rotatable bonds is 8. The van der Waals surface area contributed by atoms with Gasteiger partial charge in [-0.05, 0) is 55.9 Å². The predicted molar refractivity (Wildman–Crippen MR) is 132 cm³/mol. The van der Waals surface area contributed by atoms with E-state index in [0.29, 0.717) is 0 Å². The summed E-state index contributed by atoms with van der Waals surface area (Å²) in [6.45, 7) is 14.6. The molecule has 0 heterocycles. The maximum atomic E-state index is 11.9. The van der Waals surface area contributed by atoms with Gasteiger partial charge in [-0.15, -0.1) is 0 Å². The molecule has 0 aliphatic rings. The second kappa shape index (κ2) is 10.4. The van der Waals surface area contributed by atoms with E-state index < -0.39 is 13.9 Å². The van der Waals surface area contributed by atoms with E-state index in [1.807, 2.05) is 26.8 Å². The number of carbonyl (C=O) groups excluding carboxylic acids is 1. The molecule has 2 rings (SSSR count). The van der Waals surface area contributed by atoms with Crippen molar-refractivity contribution in [1.82, 2.24) is 0 Å². The minimum Gasteiger partial charge on any atom is -0.457 e. The quantitative estimate of drug-likeness (QED) is 0.304. The van der Waals surface area contributed by atoms with Crippen molar-refractivity contribution < 1.29 is 14.0 Å². The van der Waals surface area contributed by atoms with Crippen LogP contribution in [0.2, 0.25) is 5.04 Å². The maximum Gasteiger partial charge on any atom is 0.330 e. The summed E-state index contributed by atoms with van der Waals surface area (Å²) in [4.78, 5) is 11.9. The number of hydrogen-bond donors (Lipinski definition) is 0. The molecule has 3 nitrogen and oxygen atoms in total. The molecule has 0 fully saturated rings. The van der Waals surface area contributed by atoms with Crippen LogP contribution >= 0.6 is 0 Å². The Balaban J connectivity index is 2.23. The molecule has 2 aromatic rings. The average molecular weight is 439 g/mol. The van der Waals surface area contributed by atoms with Crippen molar-refractivity contribution in [2.45, 2.75) is 78.1 Å². The van der Waals surface area contributed by atoms with Crippen LogP contribution in [0.15, 0.2) is 72.8 Å². The fraction of sp³-hybridized carbons (Fsp3) is 0.444. The first-order valence-corrected chi connectivity index (χ1v) is 13.0. The number of hydrogen-bond acceptors (Lipinski definition) is 3. The Bertz CT molecular complexity index is 806. The van der Waals surface area contributed by atoms with Crippen LogP contribution in [-0.4, -0.2) is 26.0 Å². The van der Waals surface area contributed by atoms with Crippen molar-refractivity contribution in [2.75, 3.05) is 0 Å². The zero-order valence-electron chi connectivity index (χ0n) is 20.1. The monoisotopic (exact) mass is 438 g/mol. The smallest absolute Gasteiger partial charge is 0.330 e. The van der Waals surface area contributed by atoms with Crippen molar-refractivity contribution in [3.63, 3.8) is 0 Å². The molecule has 0 aliphatic carbocycles. The second-order valence-corrected chi connectivity index (χ2v) is 14.4. The Kier molecular flexibility index (Phi) is 8.44. The molecule has 0 saturated heterocycles. The molecular formula is C27H38O3Si. The molecule has 0 N–H and O–H groups in total. The molecule has 1 atom stereocenters. The van der Waals surface area contributed by atoms with Gasteiger partial charge in [0, 0.05) is 12.2 Å². The summed E-state index contributed by atoms with van der Waals surface area (Å²) < 4.78 is 12.4. The lowest BCUT2D eigenvalue weighted by Crippen LogP contribution is -2.67. The van der Waals surface area contributed by atoms with Crippen LogP contribution in [0, 0.1) is 0 Å². The molecule has 0 bridgehead atoms. The highest BCUT2D eigenvalue weighted by molar-refractivity contribution is 6.99. The van der Waals surface area contributed by atoms with Crippen molar-refractivity contribution in [3.8, 4) is 0 Å². The molecule has 0 amide bonds. The molecule has 168 valence electrons. The Morgan fingerprint density at radius 1 is 0.903 bits per heavy atom. The normalized spacial score (nSPS) is 13.9. The van der Waals surface area contributed by atoms with Gasteiger partial charge in [0.25, 0.3) is 8.32 Å². The number of ether oxygens (including phenoxy) is 1. The predicted octanol–water partition coefficient (Wildman–Crippen LogP) is 5.63. The fourth-order valence-corrected chi connectivity index (χ4v) is 8.63. The lowest BCUT2D eigenvalue weighted by Gasteiger charge is -2.44. The first-order chi connectivity index (χ1) is 14.5. The molecule has 0 radical (unpaired) electrons. The Morgan fingerprint density at radius 2 is 1.39 bits per heavy atom. The van der Waals surface area contributed by atoms with Gasteiger partial charge in [-0.2, -0.15) is 0 Å². The van der Waals surface area contributed by atoms with Crippen LogP contribution in [0.25, 0.3) is 0 Å². The molecule has 4 heteroatoms. The topological polar surface area (TPSA) is 35.5 Å². The van der Waals surface area contributed by atoms with Crippen LogP contribution in [0.5, 0.6) is 0 Å². The van der Waals surface area contributed by atoms with Gasteiger partial charge in [0.05, 0.1) is 0 Å². The number of benzene rings is 2. The van der Waals surface area contributed by atoms with Crippen molar-refractivity contribution in [2.24, 2.45) is 0 Å². The van der Waals surface area contributed by atoms with Crippen LogP contribution in [-0.2, 0) is 14.0 Å². The lowest BCUT2D eigenvalue weighted by molar-refractivity contribution is -0.148. The molecule has 0 aliphatic heterocycles. The minimum atomic E-state index is -2.54. The number of esters is 1. The van der Waals surface area contributed by atoms with Crippen LogP contribution < -0.4 is 10.4 Å². The first-order valence-electron chi connectivity index (χ1n) is 11.1. The zero-order valence-corrected chi connectivity index (χ0v) is 21.1. The molecule has 2 aromatic carbocycles. The Labute approximate surface area is 189 Å². The third-order valence-corrected chi connectivity index (χ3v) is 10.4. The van der Waals surface area contributed by atoms with Gasteiger partial charge in [-0.1, -0.05) is 87.5 Å². The summed E-state index contributed by atoms with van der Waals surface area (Å²) in [6, 6.07) is 21.3. The summed E-state index contributed by atoms with van der Waals surface area (Å²) in [5.41, 5.74) is -0.471. The van der Waals surface area contributed by atoms with E-state index in [0.717, 1.165) is 12.8 Å². The SMILES string of the molecule is CC(CCC=CC(=O)OC(C)(C)C)O[Si](c1ccccc1)(c1ccccc1)C(C)(C)C. The zero-order chi connectivity index (χ0) is 23.1. The highest BCUT2D eigenvalue weighted by Gasteiger charge is 2.50. The van der Waals surface area contributed by atoms with E-state index in [4.69, 9.17) is 9.16 Å². The molecule has 0 spiro atoms. The second-order valence-electron chi connectivity index (χ2n) is 10.1. The number of allylic oxidation sites excluding steroid dienone is 1. The molecule has 0 aromatic heterocycles. The summed E-state index contributed by atoms with van der Waals surface area (Å²) in [6.07, 6.45) is 5.07. The maximum absolute atomic E-state index is 11.9. The standard InChI is InChI=1S/C27H38O3Si/c1-22(16-14-15-21-25(28)29-26(2,3)4)30-31(27(5,6)7,23-17-10-8-11-18-23)24-19-12-9-13-20-24/h8-13,15,17-22H,14,16H2,1-7H3. The van der Waals surface area contributed by atoms with Gasteiger partial charge in [-0.3, -0.25) is 0 Å². The van der Waals surface area contributed by atoms with Gasteiger partial charge in [0.1, 0.15) is 5.60 Å². The highest BCUT2D eigenvalue weighted by Crippen LogP contribution is 2.37. The summed E-state index contributed by atoms with van der Waals surface area (Å²) in [5, 5.41) is 2.52. The average Bonchev–Trinajstić information content (AvgIpc) is 2.68. The first kappa shape index (κ1) is 25.1. The van der Waals surface area contributed by atoms with Crippen LogP contribution in [0.1, 0.15) is 61.3 Å². The van der Waals surface area contributed by atoms with E-state index in [1.54, 1.807) is 0 Å². The van der Waals surface area contributed by atoms with Crippen LogP contribution in [0.3, 0.4) is 0 Å². The summed E-state index contributed by atoms with van der Waals surface area (Å²) in [5.74, 6) is -0.298. The van der Waals surface area contributed by atoms with E-state index in [1.165, 1.54) is 16.4 Å². The minimum absolute atomic E-state index is 0.0453. The fourth-order valence-electron chi connectivity index (χ4n) is 3.90. The molecular weight excluding hydrogens is 400 g/mol. The van der Waals surface area contributed by atoms with E-state index in [9.17, 15) is 4.79 Å². The summed E-state index contributed by atoms with van der Waals surface area (Å²) >= 11 is 0. The molecule has 0 saturated carbocycles. The lowest BCUT2D eigenvalue weighted by atomic mass is 10.2. The van der Waals surface area contributed by atoms with Gasteiger partial charge in [0.2, 0.25) is 0 Å². The Hall–Kier alpha value is -2.17. The third kappa shape index (κ3) is 6.91. The largest absolute Gasteiger partial charge is 0.457 e. The van der Waals surface area contributed by atoms with Gasteiger partial charge < -0.3 is 9.16 Å². The number of carbonyl (C=O) groups is 1. The van der Waals surface area contributed by atoms with Gasteiger partial charge >= 0.3 is 5.97 Å². The van der Waals surface area contributed by atoms with E-state index in [-0.39, 0.29) is 17.1 Å². The molecule has 31 heavy (non-hydrogen) atoms. The van der Waals surface area contributed by atoms with E-state index in [2.05, 4.69) is 88.4 Å². The van der Waals surface area contributed by atoms with Crippen molar-refractivity contribution in [3.05, 3.63) is 72.8 Å². The summed E-state index contributed by atoms with van der Waals surface area (Å²) in [7, 11) is -2.54.